The Kier molecular flexibility index (Phi) is 5.03. The molecule has 7 heteroatoms. The molecule has 0 aromatic heterocycles. The van der Waals surface area contributed by atoms with Crippen LogP contribution in [0, 0.1) is 5.82 Å². The highest BCUT2D eigenvalue weighted by Crippen LogP contribution is 2.29. The lowest BCUT2D eigenvalue weighted by Crippen LogP contribution is -2.26. The second-order valence-corrected chi connectivity index (χ2v) is 5.81. The first-order chi connectivity index (χ1) is 11.9. The number of halogens is 4. The molecule has 0 aliphatic carbocycles. The molecule has 0 saturated carbocycles. The van der Waals surface area contributed by atoms with Crippen molar-refractivity contribution in [2.75, 3.05) is 6.54 Å². The molecule has 1 unspecified atom stereocenters. The smallest absolute Gasteiger partial charge is 0.390 e. The summed E-state index contributed by atoms with van der Waals surface area (Å²) in [6, 6.07) is 11.2. The molecule has 0 fully saturated rings. The lowest BCUT2D eigenvalue weighted by molar-refractivity contribution is -0.137. The molecule has 1 atom stereocenters. The third-order valence-electron chi connectivity index (χ3n) is 3.87. The Morgan fingerprint density at radius 3 is 2.56 bits per heavy atom. The summed E-state index contributed by atoms with van der Waals surface area (Å²) in [4.78, 5) is 5.32. The van der Waals surface area contributed by atoms with Gasteiger partial charge in [0.15, 0.2) is 0 Å². The summed E-state index contributed by atoms with van der Waals surface area (Å²) in [6.45, 7) is 0.913. The summed E-state index contributed by atoms with van der Waals surface area (Å²) in [5.41, 5.74) is 1.45. The molecule has 3 rings (SSSR count). The van der Waals surface area contributed by atoms with Crippen molar-refractivity contribution in [3.8, 4) is 0 Å². The van der Waals surface area contributed by atoms with Gasteiger partial charge in [0.25, 0.3) is 0 Å². The molecule has 0 saturated heterocycles. The van der Waals surface area contributed by atoms with Crippen molar-refractivity contribution < 1.29 is 22.4 Å². The van der Waals surface area contributed by atoms with Gasteiger partial charge < -0.3 is 10.2 Å². The third kappa shape index (κ3) is 4.57. The lowest BCUT2D eigenvalue weighted by Gasteiger charge is -2.11. The molecule has 2 aromatic rings. The Bertz CT molecular complexity index is 756. The van der Waals surface area contributed by atoms with Gasteiger partial charge in [0, 0.05) is 25.1 Å². The summed E-state index contributed by atoms with van der Waals surface area (Å²) in [5.74, 6) is -0.330. The van der Waals surface area contributed by atoms with Gasteiger partial charge in [0.1, 0.15) is 11.9 Å². The van der Waals surface area contributed by atoms with Gasteiger partial charge >= 0.3 is 6.18 Å². The average molecular weight is 352 g/mol. The van der Waals surface area contributed by atoms with E-state index in [1.165, 1.54) is 24.3 Å². The zero-order valence-electron chi connectivity index (χ0n) is 13.2. The maximum absolute atomic E-state index is 13.2. The zero-order valence-corrected chi connectivity index (χ0v) is 13.2. The summed E-state index contributed by atoms with van der Waals surface area (Å²) < 4.78 is 50.8. The second-order valence-electron chi connectivity index (χ2n) is 5.81. The fourth-order valence-corrected chi connectivity index (χ4v) is 2.57. The van der Waals surface area contributed by atoms with Gasteiger partial charge in [0.2, 0.25) is 0 Å². The molecule has 1 N–H and O–H groups in total. The maximum atomic E-state index is 13.2. The minimum absolute atomic E-state index is 0.187. The summed E-state index contributed by atoms with van der Waals surface area (Å²) >= 11 is 0. The minimum atomic E-state index is -4.33. The second kappa shape index (κ2) is 7.23. The quantitative estimate of drug-likeness (QED) is 0.821. The topological polar surface area (TPSA) is 33.6 Å². The van der Waals surface area contributed by atoms with Crippen LogP contribution in [-0.4, -0.2) is 18.4 Å². The Hall–Kier alpha value is -2.41. The highest BCUT2D eigenvalue weighted by Gasteiger charge is 2.29. The van der Waals surface area contributed by atoms with Crippen LogP contribution in [0.5, 0.6) is 0 Å². The van der Waals surface area contributed by atoms with Crippen molar-refractivity contribution in [3.63, 3.8) is 0 Å². The van der Waals surface area contributed by atoms with Crippen molar-refractivity contribution in [1.82, 2.24) is 5.32 Å². The van der Waals surface area contributed by atoms with E-state index in [-0.39, 0.29) is 11.9 Å². The van der Waals surface area contributed by atoms with E-state index in [0.717, 1.165) is 17.7 Å². The number of alkyl halides is 3. The van der Waals surface area contributed by atoms with Crippen molar-refractivity contribution >= 4 is 5.71 Å². The largest absolute Gasteiger partial charge is 0.416 e. The fourth-order valence-electron chi connectivity index (χ4n) is 2.57. The zero-order chi connectivity index (χ0) is 17.9. The minimum Gasteiger partial charge on any atom is -0.390 e. The monoisotopic (exact) mass is 352 g/mol. The number of rotatable bonds is 5. The van der Waals surface area contributed by atoms with E-state index < -0.39 is 11.7 Å². The number of benzene rings is 2. The van der Waals surface area contributed by atoms with E-state index in [1.807, 2.05) is 0 Å². The van der Waals surface area contributed by atoms with Gasteiger partial charge in [-0.1, -0.05) is 29.4 Å². The van der Waals surface area contributed by atoms with Crippen LogP contribution in [0.25, 0.3) is 0 Å². The average Bonchev–Trinajstić information content (AvgIpc) is 3.03. The van der Waals surface area contributed by atoms with E-state index in [4.69, 9.17) is 4.84 Å². The summed E-state index contributed by atoms with van der Waals surface area (Å²) in [7, 11) is 0. The molecule has 2 aromatic carbocycles. The molecule has 0 radical (unpaired) electrons. The van der Waals surface area contributed by atoms with Gasteiger partial charge in [-0.05, 0) is 29.8 Å². The Morgan fingerprint density at radius 1 is 1.12 bits per heavy atom. The van der Waals surface area contributed by atoms with Crippen LogP contribution in [0.4, 0.5) is 17.6 Å². The highest BCUT2D eigenvalue weighted by atomic mass is 19.4. The molecular weight excluding hydrogens is 336 g/mol. The summed E-state index contributed by atoms with van der Waals surface area (Å²) in [6.07, 6.45) is -3.97. The first-order valence-electron chi connectivity index (χ1n) is 7.77. The van der Waals surface area contributed by atoms with Crippen LogP contribution in [0.1, 0.15) is 23.1 Å². The summed E-state index contributed by atoms with van der Waals surface area (Å²) in [5, 5.41) is 7.11. The lowest BCUT2D eigenvalue weighted by atomic mass is 10.0. The number of oxime groups is 1. The van der Waals surface area contributed by atoms with E-state index in [0.29, 0.717) is 30.8 Å². The molecule has 0 spiro atoms. The molecule has 0 bridgehead atoms. The van der Waals surface area contributed by atoms with E-state index >= 15 is 0 Å². The maximum Gasteiger partial charge on any atom is 0.416 e. The SMILES string of the molecule is Fc1cccc(C2=NOC(CNCc3ccc(C(F)(F)F)cc3)C2)c1. The van der Waals surface area contributed by atoms with Gasteiger partial charge in [0.05, 0.1) is 11.3 Å². The van der Waals surface area contributed by atoms with Crippen LogP contribution in [0.2, 0.25) is 0 Å². The van der Waals surface area contributed by atoms with Gasteiger partial charge in [-0.25, -0.2) is 4.39 Å². The molecule has 132 valence electrons. The van der Waals surface area contributed by atoms with E-state index in [2.05, 4.69) is 10.5 Å². The van der Waals surface area contributed by atoms with E-state index in [9.17, 15) is 17.6 Å². The molecule has 1 aliphatic rings. The number of nitrogens with zero attached hydrogens (tertiary/aromatic N) is 1. The predicted octanol–water partition coefficient (Wildman–Crippen LogP) is 4.13. The van der Waals surface area contributed by atoms with Crippen LogP contribution < -0.4 is 5.32 Å². The van der Waals surface area contributed by atoms with Crippen LogP contribution in [0.3, 0.4) is 0 Å². The van der Waals surface area contributed by atoms with Gasteiger partial charge in [-0.3, -0.25) is 0 Å². The third-order valence-corrected chi connectivity index (χ3v) is 3.87. The standard InChI is InChI=1S/C18H16F4N2O/c19-15-3-1-2-13(8-15)17-9-16(25-24-17)11-23-10-12-4-6-14(7-5-12)18(20,21)22/h1-8,16,23H,9-11H2. The highest BCUT2D eigenvalue weighted by molar-refractivity contribution is 6.01. The Labute approximate surface area is 142 Å². The predicted molar refractivity (Wildman–Crippen MR) is 85.6 cm³/mol. The van der Waals surface area contributed by atoms with Crippen LogP contribution >= 0.6 is 0 Å². The number of hydrogen-bond donors (Lipinski definition) is 1. The molecule has 1 aliphatic heterocycles. The van der Waals surface area contributed by atoms with Crippen LogP contribution in [-0.2, 0) is 17.6 Å². The van der Waals surface area contributed by atoms with E-state index in [1.54, 1.807) is 12.1 Å². The van der Waals surface area contributed by atoms with Crippen LogP contribution in [0.15, 0.2) is 53.7 Å². The van der Waals surface area contributed by atoms with Crippen molar-refractivity contribution in [2.24, 2.45) is 5.16 Å². The molecule has 25 heavy (non-hydrogen) atoms. The Morgan fingerprint density at radius 2 is 1.88 bits per heavy atom. The first-order valence-corrected chi connectivity index (χ1v) is 7.77. The molecule has 1 heterocycles. The van der Waals surface area contributed by atoms with Crippen molar-refractivity contribution in [3.05, 3.63) is 71.0 Å². The molecule has 0 amide bonds. The van der Waals surface area contributed by atoms with Gasteiger partial charge in [-0.15, -0.1) is 0 Å². The Balaban J connectivity index is 1.46. The van der Waals surface area contributed by atoms with Gasteiger partial charge in [-0.2, -0.15) is 13.2 Å². The first kappa shape index (κ1) is 17.4. The van der Waals surface area contributed by atoms with Crippen molar-refractivity contribution in [1.29, 1.82) is 0 Å². The fraction of sp³-hybridized carbons (Fsp3) is 0.278. The number of hydrogen-bond acceptors (Lipinski definition) is 3. The number of nitrogens with one attached hydrogen (secondary N) is 1. The van der Waals surface area contributed by atoms with Crippen molar-refractivity contribution in [2.45, 2.75) is 25.2 Å². The molecule has 3 nitrogen and oxygen atoms in total. The molecular formula is C18H16F4N2O. The normalized spacial score (nSPS) is 17.3.